The zero-order chi connectivity index (χ0) is 26.3. The molecule has 192 valence electrons. The van der Waals surface area contributed by atoms with Gasteiger partial charge in [-0.05, 0) is 17.7 Å². The van der Waals surface area contributed by atoms with Crippen LogP contribution in [-0.4, -0.2) is 75.1 Å². The maximum Gasteiger partial charge on any atom is 0.341 e. The molecule has 35 heavy (non-hydrogen) atoms. The van der Waals surface area contributed by atoms with Crippen molar-refractivity contribution in [2.75, 3.05) is 20.8 Å². The molecule has 2 rings (SSSR count). The van der Waals surface area contributed by atoms with E-state index in [2.05, 4.69) is 0 Å². The van der Waals surface area contributed by atoms with Gasteiger partial charge in [0.05, 0.1) is 14.2 Å². The van der Waals surface area contributed by atoms with Gasteiger partial charge in [0.15, 0.2) is 18.3 Å². The number of carbonyl (C=O) groups excluding carboxylic acids is 5. The largest absolute Gasteiger partial charge is 0.496 e. The van der Waals surface area contributed by atoms with E-state index in [-0.39, 0.29) is 17.9 Å². The minimum atomic E-state index is -1.31. The minimum Gasteiger partial charge on any atom is -0.496 e. The third-order valence-electron chi connectivity index (χ3n) is 4.95. The second kappa shape index (κ2) is 12.2. The Morgan fingerprint density at radius 1 is 0.800 bits per heavy atom. The lowest BCUT2D eigenvalue weighted by atomic mass is 9.90. The smallest absolute Gasteiger partial charge is 0.341 e. The van der Waals surface area contributed by atoms with Crippen LogP contribution in [0.25, 0.3) is 0 Å². The van der Waals surface area contributed by atoms with E-state index < -0.39 is 60.4 Å². The summed E-state index contributed by atoms with van der Waals surface area (Å²) in [4.78, 5) is 59.2. The minimum absolute atomic E-state index is 0.129. The zero-order valence-corrected chi connectivity index (χ0v) is 20.2. The number of rotatable bonds is 8. The van der Waals surface area contributed by atoms with E-state index in [0.29, 0.717) is 5.56 Å². The van der Waals surface area contributed by atoms with Crippen molar-refractivity contribution in [3.05, 3.63) is 29.3 Å². The molecule has 0 N–H and O–H groups in total. The van der Waals surface area contributed by atoms with E-state index in [9.17, 15) is 24.0 Å². The van der Waals surface area contributed by atoms with Crippen molar-refractivity contribution in [3.8, 4) is 5.75 Å². The molecular weight excluding hydrogens is 468 g/mol. The van der Waals surface area contributed by atoms with Crippen molar-refractivity contribution in [1.29, 1.82) is 0 Å². The molecule has 1 aliphatic heterocycles. The Morgan fingerprint density at radius 3 is 1.89 bits per heavy atom. The average molecular weight is 496 g/mol. The number of hydrogen-bond donors (Lipinski definition) is 0. The summed E-state index contributed by atoms with van der Waals surface area (Å²) < 4.78 is 37.4. The molecule has 1 aromatic rings. The predicted octanol–water partition coefficient (Wildman–Crippen LogP) is 1.28. The third kappa shape index (κ3) is 7.15. The lowest BCUT2D eigenvalue weighted by Crippen LogP contribution is -2.59. The van der Waals surface area contributed by atoms with E-state index in [1.54, 1.807) is 0 Å². The lowest BCUT2D eigenvalue weighted by Gasteiger charge is -2.44. The first-order chi connectivity index (χ1) is 16.5. The lowest BCUT2D eigenvalue weighted by molar-refractivity contribution is -0.254. The Hall–Kier alpha value is -3.67. The van der Waals surface area contributed by atoms with E-state index in [1.165, 1.54) is 39.3 Å². The molecule has 0 spiro atoms. The summed E-state index contributed by atoms with van der Waals surface area (Å²) >= 11 is 0. The van der Waals surface area contributed by atoms with Gasteiger partial charge < -0.3 is 33.2 Å². The molecule has 12 nitrogen and oxygen atoms in total. The van der Waals surface area contributed by atoms with E-state index in [0.717, 1.165) is 20.8 Å². The Morgan fingerprint density at radius 2 is 1.37 bits per heavy atom. The summed E-state index contributed by atoms with van der Waals surface area (Å²) in [5.41, 5.74) is 0.497. The number of ether oxygens (including phenoxy) is 7. The number of carbonyl (C=O) groups is 5. The van der Waals surface area contributed by atoms with Crippen molar-refractivity contribution in [2.24, 2.45) is 0 Å². The van der Waals surface area contributed by atoms with E-state index in [1.807, 2.05) is 0 Å². The third-order valence-corrected chi connectivity index (χ3v) is 4.95. The van der Waals surface area contributed by atoms with Gasteiger partial charge >= 0.3 is 29.8 Å². The van der Waals surface area contributed by atoms with Crippen LogP contribution in [0.4, 0.5) is 0 Å². The SMILES string of the molecule is COC(=O)c1ccc([C@@H]2O[C@H](COC(C)=O)[C@@H](OC(C)=O)[C@H](OC(C)=O)[C@H]2OC(C)=O)cc1OC. The van der Waals surface area contributed by atoms with Crippen LogP contribution < -0.4 is 4.74 Å². The first-order valence-electron chi connectivity index (χ1n) is 10.5. The van der Waals surface area contributed by atoms with Gasteiger partial charge in [-0.2, -0.15) is 0 Å². The van der Waals surface area contributed by atoms with Crippen molar-refractivity contribution in [3.63, 3.8) is 0 Å². The summed E-state index contributed by atoms with van der Waals surface area (Å²) in [6, 6.07) is 4.40. The van der Waals surface area contributed by atoms with Gasteiger partial charge in [0.25, 0.3) is 0 Å². The molecule has 1 heterocycles. The summed E-state index contributed by atoms with van der Waals surface area (Å²) in [5.74, 6) is -3.32. The quantitative estimate of drug-likeness (QED) is 0.377. The van der Waals surface area contributed by atoms with Crippen LogP contribution in [0.2, 0.25) is 0 Å². The monoisotopic (exact) mass is 496 g/mol. The highest BCUT2D eigenvalue weighted by atomic mass is 16.7. The normalized spacial score (nSPS) is 23.4. The Bertz CT molecular complexity index is 971. The van der Waals surface area contributed by atoms with Gasteiger partial charge in [-0.15, -0.1) is 0 Å². The fourth-order valence-corrected chi connectivity index (χ4v) is 3.66. The van der Waals surface area contributed by atoms with Gasteiger partial charge in [0, 0.05) is 27.7 Å². The molecule has 12 heteroatoms. The highest BCUT2D eigenvalue weighted by Crippen LogP contribution is 2.39. The van der Waals surface area contributed by atoms with Crippen molar-refractivity contribution < 1.29 is 57.1 Å². The molecule has 0 aromatic heterocycles. The molecule has 0 bridgehead atoms. The van der Waals surface area contributed by atoms with Gasteiger partial charge in [-0.3, -0.25) is 19.2 Å². The molecule has 1 aliphatic rings. The Kier molecular flexibility index (Phi) is 9.58. The number of methoxy groups -OCH3 is 2. The summed E-state index contributed by atoms with van der Waals surface area (Å²) in [6.07, 6.45) is -6.06. The maximum absolute atomic E-state index is 12.1. The molecular formula is C23H28O12. The van der Waals surface area contributed by atoms with Crippen LogP contribution in [-0.2, 0) is 47.6 Å². The van der Waals surface area contributed by atoms with Crippen LogP contribution in [0.3, 0.4) is 0 Å². The second-order valence-corrected chi connectivity index (χ2v) is 7.57. The van der Waals surface area contributed by atoms with Crippen molar-refractivity contribution in [2.45, 2.75) is 58.2 Å². The van der Waals surface area contributed by atoms with Crippen molar-refractivity contribution in [1.82, 2.24) is 0 Å². The predicted molar refractivity (Wildman–Crippen MR) is 115 cm³/mol. The highest BCUT2D eigenvalue weighted by Gasteiger charge is 2.52. The molecule has 1 saturated heterocycles. The van der Waals surface area contributed by atoms with Gasteiger partial charge in [0.2, 0.25) is 0 Å². The summed E-state index contributed by atoms with van der Waals surface area (Å²) in [6.45, 7) is 4.25. The molecule has 1 aromatic carbocycles. The van der Waals surface area contributed by atoms with Gasteiger partial charge in [0.1, 0.15) is 30.1 Å². The zero-order valence-electron chi connectivity index (χ0n) is 20.2. The number of benzene rings is 1. The summed E-state index contributed by atoms with van der Waals surface area (Å²) in [7, 11) is 2.56. The van der Waals surface area contributed by atoms with E-state index in [4.69, 9.17) is 33.2 Å². The average Bonchev–Trinajstić information content (AvgIpc) is 2.78. The van der Waals surface area contributed by atoms with Crippen LogP contribution >= 0.6 is 0 Å². The fourth-order valence-electron chi connectivity index (χ4n) is 3.66. The molecule has 0 unspecified atom stereocenters. The first-order valence-corrected chi connectivity index (χ1v) is 10.5. The van der Waals surface area contributed by atoms with Crippen LogP contribution in [0, 0.1) is 0 Å². The molecule has 5 atom stereocenters. The first kappa shape index (κ1) is 27.6. The topological polar surface area (TPSA) is 150 Å². The number of hydrogen-bond acceptors (Lipinski definition) is 12. The molecule has 0 saturated carbocycles. The van der Waals surface area contributed by atoms with Crippen LogP contribution in [0.15, 0.2) is 18.2 Å². The van der Waals surface area contributed by atoms with Crippen LogP contribution in [0.5, 0.6) is 5.75 Å². The molecule has 0 aliphatic carbocycles. The maximum atomic E-state index is 12.1. The summed E-state index contributed by atoms with van der Waals surface area (Å²) in [5, 5.41) is 0. The van der Waals surface area contributed by atoms with Gasteiger partial charge in [-0.25, -0.2) is 4.79 Å². The van der Waals surface area contributed by atoms with E-state index >= 15 is 0 Å². The molecule has 0 radical (unpaired) electrons. The van der Waals surface area contributed by atoms with Crippen molar-refractivity contribution >= 4 is 29.8 Å². The molecule has 0 amide bonds. The Labute approximate surface area is 201 Å². The second-order valence-electron chi connectivity index (χ2n) is 7.57. The standard InChI is InChI=1S/C23H28O12/c1-11(24)31-10-18-20(32-12(2)25)22(34-14(4)27)21(33-13(3)26)19(35-18)15-7-8-16(23(28)30-6)17(9-15)29-5/h7-9,18-22H,10H2,1-6H3/t18-,19+,20-,21+,22+/m1/s1. The van der Waals surface area contributed by atoms with Crippen LogP contribution in [0.1, 0.15) is 49.7 Å². The number of esters is 5. The fraction of sp³-hybridized carbons (Fsp3) is 0.522. The highest BCUT2D eigenvalue weighted by molar-refractivity contribution is 5.92. The van der Waals surface area contributed by atoms with Gasteiger partial charge in [-0.1, -0.05) is 6.07 Å². The molecule has 1 fully saturated rings. The Balaban J connectivity index is 2.62.